The molecule has 1 unspecified atom stereocenters. The molecular weight excluding hydrogens is 248 g/mol. The third-order valence-electron chi connectivity index (χ3n) is 4.14. The first-order chi connectivity index (χ1) is 9.81. The average molecular weight is 268 g/mol. The van der Waals surface area contributed by atoms with E-state index in [4.69, 9.17) is 0 Å². The van der Waals surface area contributed by atoms with E-state index in [1.165, 1.54) is 24.2 Å². The van der Waals surface area contributed by atoms with Crippen LogP contribution in [0.15, 0.2) is 36.7 Å². The minimum absolute atomic E-state index is 0.119. The monoisotopic (exact) mass is 268 g/mol. The van der Waals surface area contributed by atoms with Gasteiger partial charge in [0.25, 0.3) is 0 Å². The van der Waals surface area contributed by atoms with Gasteiger partial charge in [-0.25, -0.2) is 4.98 Å². The summed E-state index contributed by atoms with van der Waals surface area (Å²) >= 11 is 0. The number of rotatable bonds is 4. The molecule has 0 amide bonds. The smallest absolute Gasteiger partial charge is 0.185 e. The zero-order chi connectivity index (χ0) is 13.9. The maximum absolute atomic E-state index is 12.7. The minimum atomic E-state index is -0.119. The molecule has 0 spiro atoms. The third-order valence-corrected chi connectivity index (χ3v) is 4.14. The molecule has 0 saturated carbocycles. The lowest BCUT2D eigenvalue weighted by molar-refractivity contribution is 0.0920. The molecule has 1 heterocycles. The predicted octanol–water partition coefficient (Wildman–Crippen LogP) is 3.60. The topological polar surface area (TPSA) is 34.9 Å². The van der Waals surface area contributed by atoms with E-state index in [2.05, 4.69) is 16.5 Å². The van der Waals surface area contributed by atoms with Crippen molar-refractivity contribution in [3.05, 3.63) is 53.6 Å². The second kappa shape index (κ2) is 5.61. The quantitative estimate of drug-likeness (QED) is 0.794. The fourth-order valence-electron chi connectivity index (χ4n) is 3.06. The van der Waals surface area contributed by atoms with Crippen LogP contribution in [0.2, 0.25) is 0 Å². The highest BCUT2D eigenvalue weighted by atomic mass is 16.1. The van der Waals surface area contributed by atoms with Crippen LogP contribution in [0.4, 0.5) is 0 Å². The van der Waals surface area contributed by atoms with Gasteiger partial charge >= 0.3 is 0 Å². The van der Waals surface area contributed by atoms with Gasteiger partial charge in [-0.1, -0.05) is 37.3 Å². The van der Waals surface area contributed by atoms with Crippen LogP contribution in [0, 0.1) is 0 Å². The van der Waals surface area contributed by atoms with Crippen LogP contribution >= 0.6 is 0 Å². The van der Waals surface area contributed by atoms with E-state index in [0.29, 0.717) is 0 Å². The van der Waals surface area contributed by atoms with Crippen LogP contribution < -0.4 is 0 Å². The van der Waals surface area contributed by atoms with Gasteiger partial charge in [0.2, 0.25) is 0 Å². The maximum Gasteiger partial charge on any atom is 0.185 e. The molecule has 2 aromatic rings. The Morgan fingerprint density at radius 3 is 2.75 bits per heavy atom. The highest BCUT2D eigenvalue weighted by Crippen LogP contribution is 2.26. The number of ketones is 1. The lowest BCUT2D eigenvalue weighted by Gasteiger charge is -2.21. The van der Waals surface area contributed by atoms with Gasteiger partial charge in [0.05, 0.1) is 18.1 Å². The van der Waals surface area contributed by atoms with E-state index in [0.717, 1.165) is 24.8 Å². The number of carbonyl (C=O) groups excluding carboxylic acids is 1. The zero-order valence-corrected chi connectivity index (χ0v) is 11.9. The molecule has 3 nitrogen and oxygen atoms in total. The summed E-state index contributed by atoms with van der Waals surface area (Å²) in [6.45, 7) is 2.07. The molecule has 0 saturated heterocycles. The summed E-state index contributed by atoms with van der Waals surface area (Å²) in [6, 6.07) is 9.46. The highest BCUT2D eigenvalue weighted by molar-refractivity contribution is 5.99. The third kappa shape index (κ3) is 2.28. The maximum atomic E-state index is 12.7. The fourth-order valence-corrected chi connectivity index (χ4v) is 3.06. The van der Waals surface area contributed by atoms with Crippen LogP contribution in [0.5, 0.6) is 0 Å². The first kappa shape index (κ1) is 13.1. The number of carbonyl (C=O) groups is 1. The molecule has 0 fully saturated rings. The summed E-state index contributed by atoms with van der Waals surface area (Å²) in [5, 5.41) is 0. The summed E-state index contributed by atoms with van der Waals surface area (Å²) in [4.78, 5) is 17.2. The van der Waals surface area contributed by atoms with Gasteiger partial charge in [0.1, 0.15) is 0 Å². The summed E-state index contributed by atoms with van der Waals surface area (Å²) in [6.07, 6.45) is 7.19. The Kier molecular flexibility index (Phi) is 3.68. The molecule has 3 rings (SSSR count). The van der Waals surface area contributed by atoms with Crippen LogP contribution in [0.1, 0.15) is 54.0 Å². The van der Waals surface area contributed by atoms with E-state index >= 15 is 0 Å². The zero-order valence-electron chi connectivity index (χ0n) is 11.9. The Morgan fingerprint density at radius 2 is 2.00 bits per heavy atom. The Morgan fingerprint density at radius 1 is 1.25 bits per heavy atom. The Labute approximate surface area is 119 Å². The molecule has 20 heavy (non-hydrogen) atoms. The summed E-state index contributed by atoms with van der Waals surface area (Å²) in [5.74, 6) is 0.193. The van der Waals surface area contributed by atoms with Crippen LogP contribution in [0.25, 0.3) is 0 Å². The molecule has 0 bridgehead atoms. The standard InChI is InChI=1S/C17H20N2O/c1-2-15(17(20)13-8-4-3-5-9-13)19-12-18-14-10-6-7-11-16(14)19/h3-5,8-9,12,15H,2,6-7,10-11H2,1H3. The lowest BCUT2D eigenvalue weighted by atomic mass is 9.98. The van der Waals surface area contributed by atoms with Crippen molar-refractivity contribution in [2.45, 2.75) is 45.1 Å². The Bertz CT molecular complexity index is 601. The van der Waals surface area contributed by atoms with E-state index in [1.54, 1.807) is 0 Å². The number of aromatic nitrogens is 2. The van der Waals surface area contributed by atoms with Crippen LogP contribution in [0.3, 0.4) is 0 Å². The molecule has 1 aromatic carbocycles. The molecule has 3 heteroatoms. The normalized spacial score (nSPS) is 15.7. The number of nitrogens with zero attached hydrogens (tertiary/aromatic N) is 2. The molecule has 0 radical (unpaired) electrons. The van der Waals surface area contributed by atoms with Crippen molar-refractivity contribution in [3.63, 3.8) is 0 Å². The molecule has 0 aliphatic heterocycles. The molecule has 1 atom stereocenters. The van der Waals surface area contributed by atoms with E-state index in [-0.39, 0.29) is 11.8 Å². The molecule has 1 aliphatic rings. The van der Waals surface area contributed by atoms with Crippen molar-refractivity contribution >= 4 is 5.78 Å². The number of hydrogen-bond donors (Lipinski definition) is 0. The number of fused-ring (bicyclic) bond motifs is 1. The summed E-state index contributed by atoms with van der Waals surface area (Å²) in [7, 11) is 0. The van der Waals surface area contributed by atoms with Crippen molar-refractivity contribution in [1.29, 1.82) is 0 Å². The van der Waals surface area contributed by atoms with E-state index in [1.807, 2.05) is 36.7 Å². The predicted molar refractivity (Wildman–Crippen MR) is 79.0 cm³/mol. The van der Waals surface area contributed by atoms with Crippen LogP contribution in [-0.4, -0.2) is 15.3 Å². The second-order valence-corrected chi connectivity index (χ2v) is 5.41. The van der Waals surface area contributed by atoms with Gasteiger partial charge < -0.3 is 4.57 Å². The number of benzene rings is 1. The molecular formula is C17H20N2O. The van der Waals surface area contributed by atoms with Crippen molar-refractivity contribution in [2.75, 3.05) is 0 Å². The number of hydrogen-bond acceptors (Lipinski definition) is 2. The minimum Gasteiger partial charge on any atom is -0.323 e. The first-order valence-corrected chi connectivity index (χ1v) is 7.45. The van der Waals surface area contributed by atoms with E-state index in [9.17, 15) is 4.79 Å². The van der Waals surface area contributed by atoms with Crippen molar-refractivity contribution in [1.82, 2.24) is 9.55 Å². The van der Waals surface area contributed by atoms with Gasteiger partial charge in [0, 0.05) is 11.3 Å². The Balaban J connectivity index is 1.94. The molecule has 104 valence electrons. The van der Waals surface area contributed by atoms with Crippen molar-refractivity contribution in [2.24, 2.45) is 0 Å². The SMILES string of the molecule is CCC(C(=O)c1ccccc1)n1cnc2c1CCCC2. The van der Waals surface area contributed by atoms with Crippen LogP contribution in [-0.2, 0) is 12.8 Å². The van der Waals surface area contributed by atoms with Crippen molar-refractivity contribution < 1.29 is 4.79 Å². The summed E-state index contributed by atoms with van der Waals surface area (Å²) < 4.78 is 2.11. The highest BCUT2D eigenvalue weighted by Gasteiger charge is 2.25. The lowest BCUT2D eigenvalue weighted by Crippen LogP contribution is -2.21. The van der Waals surface area contributed by atoms with Gasteiger partial charge in [-0.05, 0) is 32.1 Å². The van der Waals surface area contributed by atoms with Gasteiger partial charge in [-0.2, -0.15) is 0 Å². The van der Waals surface area contributed by atoms with Gasteiger partial charge in [-0.3, -0.25) is 4.79 Å². The largest absolute Gasteiger partial charge is 0.323 e. The van der Waals surface area contributed by atoms with Crippen molar-refractivity contribution in [3.8, 4) is 0 Å². The molecule has 1 aromatic heterocycles. The molecule has 0 N–H and O–H groups in total. The average Bonchev–Trinajstić information content (AvgIpc) is 2.93. The number of aryl methyl sites for hydroxylation is 1. The van der Waals surface area contributed by atoms with Gasteiger partial charge in [-0.15, -0.1) is 0 Å². The second-order valence-electron chi connectivity index (χ2n) is 5.41. The first-order valence-electron chi connectivity index (χ1n) is 7.45. The number of imidazole rings is 1. The Hall–Kier alpha value is -1.90. The fraction of sp³-hybridized carbons (Fsp3) is 0.412. The van der Waals surface area contributed by atoms with Gasteiger partial charge in [0.15, 0.2) is 5.78 Å². The summed E-state index contributed by atoms with van der Waals surface area (Å²) in [5.41, 5.74) is 3.25. The molecule has 1 aliphatic carbocycles. The number of Topliss-reactive ketones (excluding diaryl/α,β-unsaturated/α-hetero) is 1. The van der Waals surface area contributed by atoms with E-state index < -0.39 is 0 Å².